The molecule has 0 saturated heterocycles. The van der Waals surface area contributed by atoms with Crippen molar-refractivity contribution >= 4 is 71.0 Å². The fraction of sp³-hybridized carbons (Fsp3) is 0.0357. The molecule has 0 aliphatic carbocycles. The van der Waals surface area contributed by atoms with E-state index in [0.29, 0.717) is 32.9 Å². The van der Waals surface area contributed by atoms with Gasteiger partial charge in [0.2, 0.25) is 0 Å². The number of esters is 1. The first-order chi connectivity index (χ1) is 17.4. The number of thiophene rings is 1. The number of benzene rings is 3. The van der Waals surface area contributed by atoms with Crippen molar-refractivity contribution in [3.8, 4) is 22.4 Å². The smallest absolute Gasteiger partial charge is 0.341 e. The van der Waals surface area contributed by atoms with Crippen molar-refractivity contribution in [1.29, 1.82) is 0 Å². The highest BCUT2D eigenvalue weighted by molar-refractivity contribution is 9.10. The Morgan fingerprint density at radius 1 is 0.889 bits per heavy atom. The average molecular weight is 622 g/mol. The number of halogens is 2. The molecule has 0 unspecified atom stereocenters. The number of hydrogen-bond acceptors (Lipinski definition) is 5. The molecule has 5 rings (SSSR count). The van der Waals surface area contributed by atoms with Crippen molar-refractivity contribution in [2.45, 2.75) is 0 Å². The maximum absolute atomic E-state index is 13.6. The number of pyridine rings is 1. The fourth-order valence-corrected chi connectivity index (χ4v) is 5.38. The Hall–Kier alpha value is -3.33. The van der Waals surface area contributed by atoms with E-state index in [1.165, 1.54) is 18.4 Å². The summed E-state index contributed by atoms with van der Waals surface area (Å²) < 4.78 is 6.95. The minimum Gasteiger partial charge on any atom is -0.465 e. The fourth-order valence-electron chi connectivity index (χ4n) is 3.90. The molecule has 8 heteroatoms. The Kier molecular flexibility index (Phi) is 7.00. The molecule has 0 atom stereocenters. The van der Waals surface area contributed by atoms with Gasteiger partial charge in [0.15, 0.2) is 0 Å². The molecular formula is C28H18Br2N2O3S. The first-order valence-electron chi connectivity index (χ1n) is 10.9. The van der Waals surface area contributed by atoms with Crippen molar-refractivity contribution in [3.05, 3.63) is 104 Å². The highest BCUT2D eigenvalue weighted by Gasteiger charge is 2.24. The molecule has 178 valence electrons. The third-order valence-electron chi connectivity index (χ3n) is 5.66. The first-order valence-corrected chi connectivity index (χ1v) is 13.3. The zero-order valence-corrected chi connectivity index (χ0v) is 22.9. The van der Waals surface area contributed by atoms with Gasteiger partial charge in [-0.25, -0.2) is 9.78 Å². The van der Waals surface area contributed by atoms with Gasteiger partial charge in [0.25, 0.3) is 5.91 Å². The number of anilines is 1. The zero-order chi connectivity index (χ0) is 25.2. The van der Waals surface area contributed by atoms with Crippen LogP contribution < -0.4 is 5.32 Å². The zero-order valence-electron chi connectivity index (χ0n) is 18.9. The summed E-state index contributed by atoms with van der Waals surface area (Å²) in [5, 5.41) is 5.96. The second kappa shape index (κ2) is 10.3. The van der Waals surface area contributed by atoms with E-state index in [0.717, 1.165) is 25.5 Å². The molecule has 0 spiro atoms. The van der Waals surface area contributed by atoms with Crippen LogP contribution in [0, 0.1) is 0 Å². The molecule has 1 N–H and O–H groups in total. The van der Waals surface area contributed by atoms with Crippen LogP contribution in [0.25, 0.3) is 33.3 Å². The summed E-state index contributed by atoms with van der Waals surface area (Å²) >= 11 is 8.18. The Morgan fingerprint density at radius 3 is 2.19 bits per heavy atom. The molecule has 0 bridgehead atoms. The van der Waals surface area contributed by atoms with Crippen LogP contribution in [-0.2, 0) is 4.74 Å². The van der Waals surface area contributed by atoms with Crippen molar-refractivity contribution in [2.75, 3.05) is 12.4 Å². The third-order valence-corrected chi connectivity index (χ3v) is 7.62. The monoisotopic (exact) mass is 620 g/mol. The number of hydrogen-bond donors (Lipinski definition) is 1. The van der Waals surface area contributed by atoms with Crippen LogP contribution in [0.3, 0.4) is 0 Å². The summed E-state index contributed by atoms with van der Waals surface area (Å²) in [6.45, 7) is 0. The van der Waals surface area contributed by atoms with Crippen LogP contribution in [0.5, 0.6) is 0 Å². The van der Waals surface area contributed by atoms with E-state index >= 15 is 0 Å². The normalized spacial score (nSPS) is 10.9. The summed E-state index contributed by atoms with van der Waals surface area (Å²) in [4.78, 5) is 31.1. The second-order valence-corrected chi connectivity index (χ2v) is 10.6. The lowest BCUT2D eigenvalue weighted by atomic mass is 10.0. The number of amides is 1. The average Bonchev–Trinajstić information content (AvgIpc) is 3.31. The van der Waals surface area contributed by atoms with Gasteiger partial charge >= 0.3 is 5.97 Å². The van der Waals surface area contributed by atoms with E-state index in [9.17, 15) is 9.59 Å². The van der Waals surface area contributed by atoms with Crippen molar-refractivity contribution in [2.24, 2.45) is 0 Å². The van der Waals surface area contributed by atoms with Gasteiger partial charge < -0.3 is 10.1 Å². The molecule has 3 aromatic carbocycles. The van der Waals surface area contributed by atoms with E-state index in [-0.39, 0.29) is 5.91 Å². The SMILES string of the molecule is COC(=O)c1c(-c2ccc(Br)cc2)csc1NC(=O)c1cc(-c2ccc(Br)cc2)nc2ccccc12. The molecule has 0 aliphatic heterocycles. The largest absolute Gasteiger partial charge is 0.465 e. The number of carbonyl (C=O) groups excluding carboxylic acids is 2. The van der Waals surface area contributed by atoms with Crippen LogP contribution in [0.15, 0.2) is 93.2 Å². The Labute approximate surface area is 228 Å². The van der Waals surface area contributed by atoms with Gasteiger partial charge in [-0.2, -0.15) is 0 Å². The topological polar surface area (TPSA) is 68.3 Å². The van der Waals surface area contributed by atoms with Crippen LogP contribution in [-0.4, -0.2) is 24.0 Å². The lowest BCUT2D eigenvalue weighted by molar-refractivity contribution is 0.0603. The number of rotatable bonds is 5. The summed E-state index contributed by atoms with van der Waals surface area (Å²) in [6.07, 6.45) is 0. The van der Waals surface area contributed by atoms with Crippen molar-refractivity contribution in [3.63, 3.8) is 0 Å². The van der Waals surface area contributed by atoms with E-state index < -0.39 is 5.97 Å². The van der Waals surface area contributed by atoms with Gasteiger partial charge in [-0.05, 0) is 42.0 Å². The van der Waals surface area contributed by atoms with E-state index in [1.54, 1.807) is 6.07 Å². The molecule has 0 saturated carbocycles. The molecular weight excluding hydrogens is 604 g/mol. The molecule has 0 fully saturated rings. The van der Waals surface area contributed by atoms with E-state index in [2.05, 4.69) is 37.2 Å². The minimum atomic E-state index is -0.514. The number of aromatic nitrogens is 1. The standard InChI is InChI=1S/C28H18Br2N2O3S/c1-35-28(34)25-22(16-6-10-18(29)11-7-16)15-36-27(25)32-26(33)21-14-24(17-8-12-19(30)13-9-17)31-23-5-3-2-4-20(21)23/h2-15H,1H3,(H,32,33). The number of carbonyl (C=O) groups is 2. The molecule has 0 aliphatic rings. The van der Waals surface area contributed by atoms with E-state index in [1.807, 2.05) is 78.2 Å². The maximum atomic E-state index is 13.6. The van der Waals surface area contributed by atoms with Crippen LogP contribution in [0.4, 0.5) is 5.00 Å². The number of para-hydroxylation sites is 1. The van der Waals surface area contributed by atoms with Crippen LogP contribution in [0.1, 0.15) is 20.7 Å². The number of ether oxygens (including phenoxy) is 1. The number of nitrogens with zero attached hydrogens (tertiary/aromatic N) is 1. The highest BCUT2D eigenvalue weighted by Crippen LogP contribution is 2.37. The lowest BCUT2D eigenvalue weighted by Crippen LogP contribution is -2.15. The maximum Gasteiger partial charge on any atom is 0.341 e. The van der Waals surface area contributed by atoms with E-state index in [4.69, 9.17) is 9.72 Å². The summed E-state index contributed by atoms with van der Waals surface area (Å²) in [5.74, 6) is -0.846. The predicted octanol–water partition coefficient (Wildman–Crippen LogP) is 8.19. The summed E-state index contributed by atoms with van der Waals surface area (Å²) in [6, 6.07) is 24.7. The molecule has 5 nitrogen and oxygen atoms in total. The van der Waals surface area contributed by atoms with Gasteiger partial charge in [-0.1, -0.05) is 74.3 Å². The molecule has 2 aromatic heterocycles. The van der Waals surface area contributed by atoms with Gasteiger partial charge in [0, 0.05) is 30.8 Å². The lowest BCUT2D eigenvalue weighted by Gasteiger charge is -2.11. The Bertz CT molecular complexity index is 1600. The van der Waals surface area contributed by atoms with Crippen molar-refractivity contribution < 1.29 is 14.3 Å². The van der Waals surface area contributed by atoms with Gasteiger partial charge in [0.05, 0.1) is 23.9 Å². The molecule has 0 radical (unpaired) electrons. The molecule has 36 heavy (non-hydrogen) atoms. The summed E-state index contributed by atoms with van der Waals surface area (Å²) in [7, 11) is 1.33. The predicted molar refractivity (Wildman–Crippen MR) is 152 cm³/mol. The molecule has 5 aromatic rings. The van der Waals surface area contributed by atoms with Gasteiger partial charge in [-0.3, -0.25) is 4.79 Å². The first kappa shape index (κ1) is 24.4. The Morgan fingerprint density at radius 2 is 1.53 bits per heavy atom. The quantitative estimate of drug-likeness (QED) is 0.201. The minimum absolute atomic E-state index is 0.324. The third kappa shape index (κ3) is 4.84. The van der Waals surface area contributed by atoms with Crippen molar-refractivity contribution in [1.82, 2.24) is 4.98 Å². The van der Waals surface area contributed by atoms with Gasteiger partial charge in [0.1, 0.15) is 10.6 Å². The van der Waals surface area contributed by atoms with Crippen LogP contribution in [0.2, 0.25) is 0 Å². The van der Waals surface area contributed by atoms with Gasteiger partial charge in [-0.15, -0.1) is 11.3 Å². The second-order valence-electron chi connectivity index (χ2n) is 7.89. The highest BCUT2D eigenvalue weighted by atomic mass is 79.9. The Balaban J connectivity index is 1.57. The summed E-state index contributed by atoms with van der Waals surface area (Å²) in [5.41, 5.74) is 4.62. The number of fused-ring (bicyclic) bond motifs is 1. The number of nitrogens with one attached hydrogen (secondary N) is 1. The molecule has 1 amide bonds. The molecule has 2 heterocycles. The number of methoxy groups -OCH3 is 1. The van der Waals surface area contributed by atoms with Crippen LogP contribution >= 0.6 is 43.2 Å².